The molecule has 0 aliphatic heterocycles. The zero-order valence-corrected chi connectivity index (χ0v) is 13.3. The average Bonchev–Trinajstić information content (AvgIpc) is 2.75. The molecule has 6 heteroatoms. The van der Waals surface area contributed by atoms with E-state index in [-0.39, 0.29) is 0 Å². The fourth-order valence-corrected chi connectivity index (χ4v) is 2.73. The van der Waals surface area contributed by atoms with Crippen LogP contribution in [0.1, 0.15) is 12.5 Å². The van der Waals surface area contributed by atoms with E-state index in [2.05, 4.69) is 37.3 Å². The molecule has 2 aromatic rings. The van der Waals surface area contributed by atoms with Gasteiger partial charge in [-0.1, -0.05) is 28.1 Å². The molecule has 0 radical (unpaired) electrons. The van der Waals surface area contributed by atoms with Crippen LogP contribution in [0.2, 0.25) is 0 Å². The first kappa shape index (κ1) is 14.1. The van der Waals surface area contributed by atoms with Gasteiger partial charge < -0.3 is 15.4 Å². The highest BCUT2D eigenvalue weighted by molar-refractivity contribution is 9.10. The quantitative estimate of drug-likeness (QED) is 0.903. The van der Waals surface area contributed by atoms with Crippen LogP contribution in [0.15, 0.2) is 28.7 Å². The maximum absolute atomic E-state index is 5.82. The highest BCUT2D eigenvalue weighted by atomic mass is 79.9. The third-order valence-electron chi connectivity index (χ3n) is 2.63. The van der Waals surface area contributed by atoms with E-state index in [0.29, 0.717) is 18.2 Å². The predicted molar refractivity (Wildman–Crippen MR) is 83.9 cm³/mol. The van der Waals surface area contributed by atoms with Crippen molar-refractivity contribution in [2.45, 2.75) is 13.5 Å². The molecule has 0 aliphatic rings. The monoisotopic (exact) mass is 341 g/mol. The average molecular weight is 342 g/mol. The van der Waals surface area contributed by atoms with Gasteiger partial charge in [-0.3, -0.25) is 0 Å². The lowest BCUT2D eigenvalue weighted by molar-refractivity contribution is 0.343. The number of ether oxygens (including phenoxy) is 1. The Bertz CT molecular complexity index is 541. The first-order chi connectivity index (χ1) is 9.11. The number of nitrogen functional groups attached to an aromatic ring is 1. The van der Waals surface area contributed by atoms with Crippen LogP contribution in [0.4, 0.5) is 10.8 Å². The van der Waals surface area contributed by atoms with Gasteiger partial charge in [-0.05, 0) is 36.2 Å². The van der Waals surface area contributed by atoms with E-state index < -0.39 is 0 Å². The van der Waals surface area contributed by atoms with Crippen molar-refractivity contribution in [1.29, 1.82) is 0 Å². The lowest BCUT2D eigenvalue weighted by Crippen LogP contribution is -2.16. The number of aromatic nitrogens is 1. The van der Waals surface area contributed by atoms with Gasteiger partial charge in [-0.2, -0.15) is 4.37 Å². The topological polar surface area (TPSA) is 51.4 Å². The van der Waals surface area contributed by atoms with E-state index in [9.17, 15) is 0 Å². The normalized spacial score (nSPS) is 10.5. The Balaban J connectivity index is 2.15. The number of hydrogen-bond donors (Lipinski definition) is 1. The maximum Gasteiger partial charge on any atom is 0.197 e. The number of anilines is 2. The summed E-state index contributed by atoms with van der Waals surface area (Å²) in [5.41, 5.74) is 7.04. The summed E-state index contributed by atoms with van der Waals surface area (Å²) >= 11 is 4.80. The second-order valence-corrected chi connectivity index (χ2v) is 5.79. The Morgan fingerprint density at radius 2 is 2.05 bits per heavy atom. The number of halogens is 1. The first-order valence-electron chi connectivity index (χ1n) is 5.95. The smallest absolute Gasteiger partial charge is 0.197 e. The zero-order valence-electron chi connectivity index (χ0n) is 10.9. The molecule has 0 saturated heterocycles. The van der Waals surface area contributed by atoms with Crippen molar-refractivity contribution in [2.75, 3.05) is 24.3 Å². The van der Waals surface area contributed by atoms with Crippen molar-refractivity contribution in [3.05, 3.63) is 34.3 Å². The third kappa shape index (κ3) is 3.39. The standard InChI is InChI=1S/C13H16BrN3OS/c1-3-18-11-12(15)16-19-13(11)17(2)8-9-4-6-10(14)7-5-9/h4-7H,3,8H2,1-2H3,(H2,15,16). The van der Waals surface area contributed by atoms with Crippen molar-refractivity contribution >= 4 is 38.3 Å². The molecule has 0 atom stereocenters. The Kier molecular flexibility index (Phi) is 4.66. The van der Waals surface area contributed by atoms with Crippen LogP contribution in [-0.4, -0.2) is 18.0 Å². The molecule has 0 unspecified atom stereocenters. The summed E-state index contributed by atoms with van der Waals surface area (Å²) < 4.78 is 10.8. The van der Waals surface area contributed by atoms with Gasteiger partial charge in [0.1, 0.15) is 0 Å². The molecular weight excluding hydrogens is 326 g/mol. The van der Waals surface area contributed by atoms with Crippen molar-refractivity contribution in [3.8, 4) is 5.75 Å². The van der Waals surface area contributed by atoms with Crippen LogP contribution in [0, 0.1) is 0 Å². The Labute approximate surface area is 125 Å². The van der Waals surface area contributed by atoms with Crippen LogP contribution in [0.25, 0.3) is 0 Å². The fraction of sp³-hybridized carbons (Fsp3) is 0.308. The number of nitrogens with zero attached hydrogens (tertiary/aromatic N) is 2. The molecule has 0 aliphatic carbocycles. The SMILES string of the molecule is CCOc1c(N)nsc1N(C)Cc1ccc(Br)cc1. The summed E-state index contributed by atoms with van der Waals surface area (Å²) in [6.07, 6.45) is 0. The van der Waals surface area contributed by atoms with Gasteiger partial charge in [0.05, 0.1) is 6.61 Å². The molecule has 1 heterocycles. The van der Waals surface area contributed by atoms with E-state index in [1.807, 2.05) is 26.1 Å². The van der Waals surface area contributed by atoms with Crippen LogP contribution in [-0.2, 0) is 6.54 Å². The lowest BCUT2D eigenvalue weighted by Gasteiger charge is -2.18. The number of hydrogen-bond acceptors (Lipinski definition) is 5. The minimum Gasteiger partial charge on any atom is -0.487 e. The number of rotatable bonds is 5. The van der Waals surface area contributed by atoms with Crippen molar-refractivity contribution in [3.63, 3.8) is 0 Å². The molecule has 0 spiro atoms. The molecule has 19 heavy (non-hydrogen) atoms. The molecule has 1 aromatic carbocycles. The number of nitrogens with two attached hydrogens (primary N) is 1. The van der Waals surface area contributed by atoms with Crippen molar-refractivity contribution in [2.24, 2.45) is 0 Å². The second-order valence-electron chi connectivity index (χ2n) is 4.12. The summed E-state index contributed by atoms with van der Waals surface area (Å²) in [6.45, 7) is 3.31. The summed E-state index contributed by atoms with van der Waals surface area (Å²) in [5, 5.41) is 0.960. The number of benzene rings is 1. The van der Waals surface area contributed by atoms with Crippen LogP contribution >= 0.6 is 27.5 Å². The molecule has 4 nitrogen and oxygen atoms in total. The van der Waals surface area contributed by atoms with Gasteiger partial charge in [-0.25, -0.2) is 0 Å². The third-order valence-corrected chi connectivity index (χ3v) is 4.11. The Morgan fingerprint density at radius 1 is 1.37 bits per heavy atom. The fourth-order valence-electron chi connectivity index (χ4n) is 1.74. The molecule has 0 fully saturated rings. The zero-order chi connectivity index (χ0) is 13.8. The summed E-state index contributed by atoms with van der Waals surface area (Å²) in [5.74, 6) is 1.15. The highest BCUT2D eigenvalue weighted by Crippen LogP contribution is 2.38. The summed E-state index contributed by atoms with van der Waals surface area (Å²) in [7, 11) is 2.01. The van der Waals surface area contributed by atoms with E-state index >= 15 is 0 Å². The first-order valence-corrected chi connectivity index (χ1v) is 7.52. The lowest BCUT2D eigenvalue weighted by atomic mass is 10.2. The van der Waals surface area contributed by atoms with Crippen molar-refractivity contribution in [1.82, 2.24) is 4.37 Å². The van der Waals surface area contributed by atoms with Gasteiger partial charge in [0.15, 0.2) is 16.6 Å². The molecule has 0 amide bonds. The molecule has 2 N–H and O–H groups in total. The summed E-state index contributed by atoms with van der Waals surface area (Å²) in [4.78, 5) is 2.10. The van der Waals surface area contributed by atoms with Gasteiger partial charge >= 0.3 is 0 Å². The van der Waals surface area contributed by atoms with Gasteiger partial charge in [-0.15, -0.1) is 0 Å². The van der Waals surface area contributed by atoms with Gasteiger partial charge in [0, 0.05) is 18.1 Å². The van der Waals surface area contributed by atoms with Gasteiger partial charge in [0.2, 0.25) is 0 Å². The van der Waals surface area contributed by atoms with E-state index in [4.69, 9.17) is 10.5 Å². The highest BCUT2D eigenvalue weighted by Gasteiger charge is 2.16. The minimum absolute atomic E-state index is 0.463. The van der Waals surface area contributed by atoms with Crippen LogP contribution in [0.3, 0.4) is 0 Å². The van der Waals surface area contributed by atoms with E-state index in [1.165, 1.54) is 17.1 Å². The van der Waals surface area contributed by atoms with Gasteiger partial charge in [0.25, 0.3) is 0 Å². The largest absolute Gasteiger partial charge is 0.487 e. The van der Waals surface area contributed by atoms with E-state index in [0.717, 1.165) is 16.0 Å². The Morgan fingerprint density at radius 3 is 2.68 bits per heavy atom. The molecule has 0 saturated carbocycles. The molecule has 2 rings (SSSR count). The van der Waals surface area contributed by atoms with E-state index in [1.54, 1.807) is 0 Å². The Hall–Kier alpha value is -1.27. The minimum atomic E-state index is 0.463. The second kappa shape index (κ2) is 6.25. The maximum atomic E-state index is 5.82. The summed E-state index contributed by atoms with van der Waals surface area (Å²) in [6, 6.07) is 8.25. The predicted octanol–water partition coefficient (Wildman–Crippen LogP) is 3.52. The molecule has 0 bridgehead atoms. The molecule has 102 valence electrons. The van der Waals surface area contributed by atoms with Crippen LogP contribution < -0.4 is 15.4 Å². The molecule has 1 aromatic heterocycles. The van der Waals surface area contributed by atoms with Crippen molar-refractivity contribution < 1.29 is 4.74 Å². The van der Waals surface area contributed by atoms with Crippen LogP contribution in [0.5, 0.6) is 5.75 Å². The molecular formula is C13H16BrN3OS.